The van der Waals surface area contributed by atoms with Crippen molar-refractivity contribution in [2.24, 2.45) is 0 Å². The third kappa shape index (κ3) is 9.43. The Morgan fingerprint density at radius 3 is 2.54 bits per heavy atom. The van der Waals surface area contributed by atoms with Crippen molar-refractivity contribution in [1.29, 1.82) is 0 Å². The van der Waals surface area contributed by atoms with Crippen LogP contribution in [0.25, 0.3) is 0 Å². The number of pyridine rings is 1. The van der Waals surface area contributed by atoms with Gasteiger partial charge in [0.15, 0.2) is 12.4 Å². The molecule has 144 valence electrons. The predicted octanol–water partition coefficient (Wildman–Crippen LogP) is 3.18. The molecule has 0 saturated carbocycles. The molecule has 2 N–H and O–H groups in total. The van der Waals surface area contributed by atoms with E-state index >= 15 is 0 Å². The van der Waals surface area contributed by atoms with Gasteiger partial charge in [-0.25, -0.2) is 9.78 Å². The Kier molecular flexibility index (Phi) is 8.60. The number of ether oxygens (including phenoxy) is 2. The minimum atomic E-state index is -0.585. The van der Waals surface area contributed by atoms with Gasteiger partial charge in [0, 0.05) is 19.2 Å². The first-order valence-corrected chi connectivity index (χ1v) is 8.56. The van der Waals surface area contributed by atoms with E-state index in [2.05, 4.69) is 15.6 Å². The summed E-state index contributed by atoms with van der Waals surface area (Å²) in [5.41, 5.74) is -0.585. The predicted molar refractivity (Wildman–Crippen MR) is 97.3 cm³/mol. The SMILES string of the molecule is CC(C)(C)OC(=O)NCCCC(=O)OCC(=O)Nc1ncc(Cl)cc1Cl. The van der Waals surface area contributed by atoms with E-state index in [9.17, 15) is 14.4 Å². The molecule has 26 heavy (non-hydrogen) atoms. The molecule has 2 amide bonds. The smallest absolute Gasteiger partial charge is 0.407 e. The molecule has 10 heteroatoms. The van der Waals surface area contributed by atoms with E-state index in [-0.39, 0.29) is 23.8 Å². The zero-order valence-electron chi connectivity index (χ0n) is 14.7. The lowest BCUT2D eigenvalue weighted by Gasteiger charge is -2.19. The Bertz CT molecular complexity index is 662. The molecule has 0 saturated heterocycles. The van der Waals surface area contributed by atoms with Crippen LogP contribution in [0.5, 0.6) is 0 Å². The molecule has 0 bridgehead atoms. The van der Waals surface area contributed by atoms with Crippen LogP contribution in [0.15, 0.2) is 12.3 Å². The van der Waals surface area contributed by atoms with E-state index in [1.54, 1.807) is 20.8 Å². The van der Waals surface area contributed by atoms with Crippen molar-refractivity contribution in [1.82, 2.24) is 10.3 Å². The monoisotopic (exact) mass is 405 g/mol. The number of esters is 1. The van der Waals surface area contributed by atoms with E-state index in [1.165, 1.54) is 12.3 Å². The zero-order valence-corrected chi connectivity index (χ0v) is 16.2. The van der Waals surface area contributed by atoms with Crippen molar-refractivity contribution in [2.45, 2.75) is 39.2 Å². The molecule has 1 aromatic heterocycles. The van der Waals surface area contributed by atoms with Gasteiger partial charge in [0.05, 0.1) is 10.0 Å². The fraction of sp³-hybridized carbons (Fsp3) is 0.500. The van der Waals surface area contributed by atoms with E-state index in [0.717, 1.165) is 0 Å². The molecule has 8 nitrogen and oxygen atoms in total. The van der Waals surface area contributed by atoms with Crippen LogP contribution in [0.3, 0.4) is 0 Å². The number of halogens is 2. The van der Waals surface area contributed by atoms with Crippen molar-refractivity contribution >= 4 is 47.0 Å². The minimum absolute atomic E-state index is 0.0447. The van der Waals surface area contributed by atoms with Gasteiger partial charge < -0.3 is 20.1 Å². The summed E-state index contributed by atoms with van der Waals surface area (Å²) in [5, 5.41) is 5.43. The van der Waals surface area contributed by atoms with Crippen LogP contribution >= 0.6 is 23.2 Å². The number of carbonyl (C=O) groups excluding carboxylic acids is 3. The summed E-state index contributed by atoms with van der Waals surface area (Å²) in [4.78, 5) is 38.6. The van der Waals surface area contributed by atoms with Crippen LogP contribution in [0, 0.1) is 0 Å². The molecule has 0 aromatic carbocycles. The molecular formula is C16H21Cl2N3O5. The molecule has 0 radical (unpaired) electrons. The third-order valence-corrected chi connectivity index (χ3v) is 3.15. The van der Waals surface area contributed by atoms with Gasteiger partial charge in [0.25, 0.3) is 5.91 Å². The van der Waals surface area contributed by atoms with Crippen LogP contribution in [-0.2, 0) is 19.1 Å². The van der Waals surface area contributed by atoms with E-state index in [1.807, 2.05) is 0 Å². The highest BCUT2D eigenvalue weighted by Gasteiger charge is 2.16. The quantitative estimate of drug-likeness (QED) is 0.532. The Hall–Kier alpha value is -2.06. The van der Waals surface area contributed by atoms with Gasteiger partial charge in [-0.2, -0.15) is 0 Å². The highest BCUT2D eigenvalue weighted by molar-refractivity contribution is 6.36. The summed E-state index contributed by atoms with van der Waals surface area (Å²) in [6.45, 7) is 5.03. The summed E-state index contributed by atoms with van der Waals surface area (Å²) in [6.07, 6.45) is 1.16. The van der Waals surface area contributed by atoms with Crippen LogP contribution in [0.4, 0.5) is 10.6 Å². The number of amides is 2. The van der Waals surface area contributed by atoms with Crippen molar-refractivity contribution in [3.8, 4) is 0 Å². The second kappa shape index (κ2) is 10.2. The molecular weight excluding hydrogens is 385 g/mol. The van der Waals surface area contributed by atoms with Gasteiger partial charge in [-0.3, -0.25) is 9.59 Å². The number of rotatable bonds is 7. The van der Waals surface area contributed by atoms with Crippen molar-refractivity contribution in [2.75, 3.05) is 18.5 Å². The summed E-state index contributed by atoms with van der Waals surface area (Å²) in [7, 11) is 0. The van der Waals surface area contributed by atoms with Crippen LogP contribution in [-0.4, -0.2) is 41.7 Å². The maximum atomic E-state index is 11.7. The van der Waals surface area contributed by atoms with E-state index in [4.69, 9.17) is 32.7 Å². The Morgan fingerprint density at radius 1 is 1.23 bits per heavy atom. The molecule has 0 aliphatic heterocycles. The number of anilines is 1. The van der Waals surface area contributed by atoms with Gasteiger partial charge in [0.2, 0.25) is 0 Å². The summed E-state index contributed by atoms with van der Waals surface area (Å²) >= 11 is 11.6. The van der Waals surface area contributed by atoms with Crippen molar-refractivity contribution in [3.05, 3.63) is 22.3 Å². The van der Waals surface area contributed by atoms with Gasteiger partial charge >= 0.3 is 12.1 Å². The molecule has 1 rings (SSSR count). The molecule has 0 unspecified atom stereocenters. The topological polar surface area (TPSA) is 107 Å². The standard InChI is InChI=1S/C16H21Cl2N3O5/c1-16(2,3)26-15(24)19-6-4-5-13(23)25-9-12(22)21-14-11(18)7-10(17)8-20-14/h7-8H,4-6,9H2,1-3H3,(H,19,24)(H,20,21,22). The molecule has 0 fully saturated rings. The average molecular weight is 406 g/mol. The Morgan fingerprint density at radius 2 is 1.92 bits per heavy atom. The second-order valence-corrected chi connectivity index (χ2v) is 7.07. The van der Waals surface area contributed by atoms with Crippen LogP contribution in [0.1, 0.15) is 33.6 Å². The normalized spacial score (nSPS) is 10.8. The number of aromatic nitrogens is 1. The highest BCUT2D eigenvalue weighted by Crippen LogP contribution is 2.22. The summed E-state index contributed by atoms with van der Waals surface area (Å²) in [6, 6.07) is 1.43. The van der Waals surface area contributed by atoms with Gasteiger partial charge in [-0.15, -0.1) is 0 Å². The maximum absolute atomic E-state index is 11.7. The number of nitrogens with zero attached hydrogens (tertiary/aromatic N) is 1. The van der Waals surface area contributed by atoms with Gasteiger partial charge in [0.1, 0.15) is 5.60 Å². The summed E-state index contributed by atoms with van der Waals surface area (Å²) < 4.78 is 9.89. The highest BCUT2D eigenvalue weighted by atomic mass is 35.5. The molecule has 0 aliphatic rings. The summed E-state index contributed by atoms with van der Waals surface area (Å²) in [5.74, 6) is -1.03. The molecule has 0 atom stereocenters. The van der Waals surface area contributed by atoms with E-state index < -0.39 is 30.2 Å². The third-order valence-electron chi connectivity index (χ3n) is 2.66. The zero-order chi connectivity index (χ0) is 19.7. The van der Waals surface area contributed by atoms with Crippen LogP contribution < -0.4 is 10.6 Å². The number of hydrogen-bond acceptors (Lipinski definition) is 6. The molecule has 0 aliphatic carbocycles. The van der Waals surface area contributed by atoms with Crippen LogP contribution in [0.2, 0.25) is 10.0 Å². The number of alkyl carbamates (subject to hydrolysis) is 1. The first-order chi connectivity index (χ1) is 12.1. The molecule has 0 spiro atoms. The Balaban J connectivity index is 2.21. The van der Waals surface area contributed by atoms with Gasteiger partial charge in [-0.05, 0) is 33.3 Å². The number of nitrogens with one attached hydrogen (secondary N) is 2. The largest absolute Gasteiger partial charge is 0.456 e. The van der Waals surface area contributed by atoms with Crippen molar-refractivity contribution < 1.29 is 23.9 Å². The Labute approximate surface area is 161 Å². The lowest BCUT2D eigenvalue weighted by Crippen LogP contribution is -2.33. The minimum Gasteiger partial charge on any atom is -0.456 e. The first kappa shape index (κ1) is 22.0. The number of hydrogen-bond donors (Lipinski definition) is 2. The second-order valence-electron chi connectivity index (χ2n) is 6.23. The number of carbonyl (C=O) groups is 3. The van der Waals surface area contributed by atoms with Crippen molar-refractivity contribution in [3.63, 3.8) is 0 Å². The molecule has 1 aromatic rings. The fourth-order valence-electron chi connectivity index (χ4n) is 1.63. The lowest BCUT2D eigenvalue weighted by atomic mass is 10.2. The van der Waals surface area contributed by atoms with E-state index in [0.29, 0.717) is 11.4 Å². The maximum Gasteiger partial charge on any atom is 0.407 e. The average Bonchev–Trinajstić information content (AvgIpc) is 2.50. The molecule has 1 heterocycles. The lowest BCUT2D eigenvalue weighted by molar-refractivity contribution is -0.147. The fourth-order valence-corrected chi connectivity index (χ4v) is 2.06. The first-order valence-electron chi connectivity index (χ1n) is 7.80. The van der Waals surface area contributed by atoms with Gasteiger partial charge in [-0.1, -0.05) is 23.2 Å².